The first-order valence-electron chi connectivity index (χ1n) is 11.7. The zero-order valence-corrected chi connectivity index (χ0v) is 20.1. The maximum atomic E-state index is 14.4. The molecule has 188 valence electrons. The number of rotatable bonds is 6. The Kier molecular flexibility index (Phi) is 7.03. The number of aryl methyl sites for hydroxylation is 1. The first-order chi connectivity index (χ1) is 17.5. The van der Waals surface area contributed by atoms with Gasteiger partial charge in [0.25, 0.3) is 0 Å². The lowest BCUT2D eigenvalue weighted by molar-refractivity contribution is -0.0470. The Balaban J connectivity index is 1.50. The van der Waals surface area contributed by atoms with Gasteiger partial charge in [-0.15, -0.1) is 0 Å². The summed E-state index contributed by atoms with van der Waals surface area (Å²) in [6.45, 7) is 4.35. The molecule has 1 aromatic carbocycles. The van der Waals surface area contributed by atoms with E-state index < -0.39 is 6.04 Å². The Morgan fingerprint density at radius 2 is 2.11 bits per heavy atom. The van der Waals surface area contributed by atoms with Crippen LogP contribution >= 0.6 is 0 Å². The quantitative estimate of drug-likeness (QED) is 0.442. The van der Waals surface area contributed by atoms with Crippen LogP contribution in [-0.4, -0.2) is 60.3 Å². The highest BCUT2D eigenvalue weighted by molar-refractivity contribution is 6.01. The van der Waals surface area contributed by atoms with Gasteiger partial charge in [0, 0.05) is 31.1 Å². The lowest BCUT2D eigenvalue weighted by Gasteiger charge is -2.27. The number of anilines is 1. The van der Waals surface area contributed by atoms with E-state index in [2.05, 4.69) is 25.7 Å². The van der Waals surface area contributed by atoms with Crippen molar-refractivity contribution in [2.75, 3.05) is 39.1 Å². The number of benzene rings is 1. The van der Waals surface area contributed by atoms with Gasteiger partial charge in [0.1, 0.15) is 12.4 Å². The number of aliphatic imine (C=N–C) groups is 1. The van der Waals surface area contributed by atoms with Gasteiger partial charge in [0.2, 0.25) is 11.8 Å². The predicted octanol–water partition coefficient (Wildman–Crippen LogP) is 2.13. The number of pyridine rings is 1. The summed E-state index contributed by atoms with van der Waals surface area (Å²) in [4.78, 5) is 24.0. The van der Waals surface area contributed by atoms with Gasteiger partial charge in [-0.2, -0.15) is 0 Å². The number of nitrogen functional groups attached to an aromatic ring is 1. The number of fused-ring (bicyclic) bond motifs is 1. The summed E-state index contributed by atoms with van der Waals surface area (Å²) in [5, 5.41) is 3.27. The van der Waals surface area contributed by atoms with E-state index in [0.29, 0.717) is 54.8 Å². The number of nitrogens with one attached hydrogen (secondary N) is 2. The fourth-order valence-corrected chi connectivity index (χ4v) is 4.47. The zero-order valence-electron chi connectivity index (χ0n) is 20.1. The molecule has 2 aliphatic heterocycles. The van der Waals surface area contributed by atoms with Crippen molar-refractivity contribution in [1.29, 1.82) is 0 Å². The molecule has 11 heteroatoms. The van der Waals surface area contributed by atoms with Crippen molar-refractivity contribution >= 4 is 11.8 Å². The van der Waals surface area contributed by atoms with Gasteiger partial charge >= 0.3 is 0 Å². The van der Waals surface area contributed by atoms with Gasteiger partial charge in [0.05, 0.1) is 48.5 Å². The van der Waals surface area contributed by atoms with E-state index in [-0.39, 0.29) is 17.9 Å². The van der Waals surface area contributed by atoms with E-state index in [0.717, 1.165) is 23.4 Å². The maximum absolute atomic E-state index is 14.4. The molecule has 4 heterocycles. The van der Waals surface area contributed by atoms with E-state index in [1.165, 1.54) is 12.1 Å². The zero-order chi connectivity index (χ0) is 25.1. The van der Waals surface area contributed by atoms with E-state index in [1.807, 2.05) is 19.1 Å². The van der Waals surface area contributed by atoms with E-state index in [9.17, 15) is 4.39 Å². The van der Waals surface area contributed by atoms with Crippen molar-refractivity contribution in [2.24, 2.45) is 4.99 Å². The van der Waals surface area contributed by atoms with Gasteiger partial charge < -0.3 is 20.5 Å². The third-order valence-corrected chi connectivity index (χ3v) is 6.12. The van der Waals surface area contributed by atoms with Crippen molar-refractivity contribution in [3.05, 3.63) is 64.7 Å². The molecule has 0 amide bonds. The third-order valence-electron chi connectivity index (χ3n) is 6.12. The standard InChI is InChI=1S/C25H28FN7O3/c1-14-23-21(32-25(27)29-14)11-20(31-24(23)33-36-13-16-12-28-8-9-35-16)17-7-6-15(26)10-18(17)19-4-3-5-22(30-19)34-2/h3-7,10,16,20,28H,8-9,11-13H2,1-2H3,(H,31,33)(H2,27,29,32)/t16-,20-/m1/s1. The van der Waals surface area contributed by atoms with Crippen LogP contribution in [0.1, 0.15) is 28.6 Å². The number of ether oxygens (including phenoxy) is 2. The van der Waals surface area contributed by atoms with Crippen LogP contribution in [0, 0.1) is 12.7 Å². The molecule has 1 saturated heterocycles. The van der Waals surface area contributed by atoms with Crippen LogP contribution < -0.4 is 21.3 Å². The van der Waals surface area contributed by atoms with Crippen LogP contribution in [0.5, 0.6) is 5.88 Å². The van der Waals surface area contributed by atoms with Gasteiger partial charge in [-0.25, -0.2) is 24.8 Å². The number of morpholine rings is 1. The lowest BCUT2D eigenvalue weighted by atomic mass is 9.91. The van der Waals surface area contributed by atoms with Crippen LogP contribution in [0.15, 0.2) is 41.4 Å². The fourth-order valence-electron chi connectivity index (χ4n) is 4.47. The van der Waals surface area contributed by atoms with Crippen molar-refractivity contribution in [3.8, 4) is 17.1 Å². The molecule has 36 heavy (non-hydrogen) atoms. The van der Waals surface area contributed by atoms with E-state index >= 15 is 0 Å². The predicted molar refractivity (Wildman–Crippen MR) is 132 cm³/mol. The number of methoxy groups -OCH3 is 1. The number of hydrogen-bond donors (Lipinski definition) is 3. The minimum absolute atomic E-state index is 0.0719. The molecule has 0 unspecified atom stereocenters. The first kappa shape index (κ1) is 24.0. The number of hydrogen-bond acceptors (Lipinski definition) is 10. The molecule has 0 radical (unpaired) electrons. The summed E-state index contributed by atoms with van der Waals surface area (Å²) in [5.74, 6) is 0.731. The molecule has 3 aromatic rings. The van der Waals surface area contributed by atoms with Crippen LogP contribution in [0.4, 0.5) is 10.3 Å². The molecular weight excluding hydrogens is 465 g/mol. The van der Waals surface area contributed by atoms with Crippen molar-refractivity contribution < 1.29 is 18.7 Å². The highest BCUT2D eigenvalue weighted by atomic mass is 19.1. The molecule has 0 bridgehead atoms. The van der Waals surface area contributed by atoms with Crippen molar-refractivity contribution in [1.82, 2.24) is 25.7 Å². The molecular formula is C25H28FN7O3. The monoisotopic (exact) mass is 493 g/mol. The molecule has 0 saturated carbocycles. The van der Waals surface area contributed by atoms with Crippen molar-refractivity contribution in [3.63, 3.8) is 0 Å². The highest BCUT2D eigenvalue weighted by Gasteiger charge is 2.29. The molecule has 2 atom stereocenters. The minimum Gasteiger partial charge on any atom is -0.481 e. The second kappa shape index (κ2) is 10.5. The third kappa shape index (κ3) is 5.13. The first-order valence-corrected chi connectivity index (χ1v) is 11.7. The SMILES string of the molecule is COc1cccc(-c2cc(F)ccc2[C@H]2Cc3nc(N)nc(C)c3C(NOC[C@H]3CNCCO3)=N2)n1. The number of amidine groups is 1. The van der Waals surface area contributed by atoms with Crippen LogP contribution in [0.3, 0.4) is 0 Å². The summed E-state index contributed by atoms with van der Waals surface area (Å²) >= 11 is 0. The summed E-state index contributed by atoms with van der Waals surface area (Å²) < 4.78 is 25.3. The summed E-state index contributed by atoms with van der Waals surface area (Å²) in [5.41, 5.74) is 13.1. The highest BCUT2D eigenvalue weighted by Crippen LogP contribution is 2.36. The lowest BCUT2D eigenvalue weighted by Crippen LogP contribution is -2.43. The van der Waals surface area contributed by atoms with E-state index in [4.69, 9.17) is 25.0 Å². The number of aromatic nitrogens is 3. The number of hydroxylamine groups is 1. The van der Waals surface area contributed by atoms with Gasteiger partial charge in [-0.1, -0.05) is 12.1 Å². The molecule has 5 rings (SSSR count). The van der Waals surface area contributed by atoms with Crippen LogP contribution in [0.2, 0.25) is 0 Å². The Hall–Kier alpha value is -3.67. The second-order valence-electron chi connectivity index (χ2n) is 8.59. The number of halogens is 1. The largest absolute Gasteiger partial charge is 0.481 e. The van der Waals surface area contributed by atoms with Gasteiger partial charge in [-0.3, -0.25) is 9.83 Å². The second-order valence-corrected chi connectivity index (χ2v) is 8.59. The smallest absolute Gasteiger partial charge is 0.220 e. The summed E-state index contributed by atoms with van der Waals surface area (Å²) in [6, 6.07) is 9.57. The molecule has 10 nitrogen and oxygen atoms in total. The van der Waals surface area contributed by atoms with E-state index in [1.54, 1.807) is 19.2 Å². The summed E-state index contributed by atoms with van der Waals surface area (Å²) in [6.07, 6.45) is 0.379. The number of nitrogens with zero attached hydrogens (tertiary/aromatic N) is 4. The number of nitrogens with two attached hydrogens (primary N) is 1. The summed E-state index contributed by atoms with van der Waals surface area (Å²) in [7, 11) is 1.54. The molecule has 1 fully saturated rings. The normalized spacial score (nSPS) is 19.4. The average molecular weight is 494 g/mol. The average Bonchev–Trinajstić information content (AvgIpc) is 2.88. The molecule has 0 aliphatic carbocycles. The maximum Gasteiger partial charge on any atom is 0.220 e. The van der Waals surface area contributed by atoms with Crippen molar-refractivity contribution in [2.45, 2.75) is 25.5 Å². The fraction of sp³-hybridized carbons (Fsp3) is 0.360. The molecule has 0 spiro atoms. The Morgan fingerprint density at radius 1 is 1.22 bits per heavy atom. The Labute approximate surface area is 208 Å². The van der Waals surface area contributed by atoms with Gasteiger partial charge in [0.15, 0.2) is 5.84 Å². The Bertz CT molecular complexity index is 1280. The van der Waals surface area contributed by atoms with Crippen LogP contribution in [-0.2, 0) is 16.0 Å². The van der Waals surface area contributed by atoms with Crippen LogP contribution in [0.25, 0.3) is 11.3 Å². The molecule has 2 aromatic heterocycles. The minimum atomic E-state index is -0.395. The topological polar surface area (TPSA) is 129 Å². The van der Waals surface area contributed by atoms with Gasteiger partial charge in [-0.05, 0) is 30.7 Å². The molecule has 2 aliphatic rings. The Morgan fingerprint density at radius 3 is 2.92 bits per heavy atom. The molecule has 4 N–H and O–H groups in total.